The Morgan fingerprint density at radius 2 is 2.15 bits per heavy atom. The lowest BCUT2D eigenvalue weighted by Gasteiger charge is -2.28. The maximum absolute atomic E-state index is 6.50. The van der Waals surface area contributed by atoms with E-state index in [0.29, 0.717) is 0 Å². The lowest BCUT2D eigenvalue weighted by molar-refractivity contribution is 0.0342. The van der Waals surface area contributed by atoms with Crippen LogP contribution < -0.4 is 5.32 Å². The van der Waals surface area contributed by atoms with Gasteiger partial charge in [0.15, 0.2) is 0 Å². The molecule has 0 aromatic heterocycles. The minimum atomic E-state index is 0.0983. The van der Waals surface area contributed by atoms with Gasteiger partial charge in [0.05, 0.1) is 13.2 Å². The highest BCUT2D eigenvalue weighted by molar-refractivity contribution is 6.31. The van der Waals surface area contributed by atoms with E-state index < -0.39 is 0 Å². The van der Waals surface area contributed by atoms with Crippen molar-refractivity contribution in [2.75, 3.05) is 32.8 Å². The summed E-state index contributed by atoms with van der Waals surface area (Å²) in [4.78, 5) is 2.40. The molecule has 0 saturated carbocycles. The number of hydrogen-bond donors (Lipinski definition) is 1. The fourth-order valence-corrected chi connectivity index (χ4v) is 3.40. The van der Waals surface area contributed by atoms with Crippen LogP contribution in [0.2, 0.25) is 5.02 Å². The molecule has 0 amide bonds. The molecule has 1 aromatic carbocycles. The minimum Gasteiger partial charge on any atom is -0.379 e. The van der Waals surface area contributed by atoms with E-state index >= 15 is 0 Å². The van der Waals surface area contributed by atoms with Crippen LogP contribution in [-0.2, 0) is 16.8 Å². The lowest BCUT2D eigenvalue weighted by atomic mass is 9.90. The topological polar surface area (TPSA) is 24.5 Å². The molecule has 1 N–H and O–H groups in total. The van der Waals surface area contributed by atoms with Gasteiger partial charge in [0, 0.05) is 30.2 Å². The van der Waals surface area contributed by atoms with Gasteiger partial charge in [-0.1, -0.05) is 23.7 Å². The summed E-state index contributed by atoms with van der Waals surface area (Å²) >= 11 is 6.50. The quantitative estimate of drug-likeness (QED) is 0.928. The van der Waals surface area contributed by atoms with Crippen molar-refractivity contribution in [1.29, 1.82) is 0 Å². The smallest absolute Gasteiger partial charge is 0.0594 e. The Kier molecular flexibility index (Phi) is 4.32. The first-order valence-corrected chi connectivity index (χ1v) is 7.89. The first-order valence-electron chi connectivity index (χ1n) is 7.51. The molecular formula is C16H23ClN2O. The Hall–Kier alpha value is -0.610. The highest BCUT2D eigenvalue weighted by Crippen LogP contribution is 2.33. The van der Waals surface area contributed by atoms with Crippen LogP contribution in [0.1, 0.15) is 30.9 Å². The number of hydrogen-bond acceptors (Lipinski definition) is 3. The number of ether oxygens (including phenoxy) is 1. The Balaban J connectivity index is 1.73. The van der Waals surface area contributed by atoms with E-state index in [0.717, 1.165) is 44.4 Å². The van der Waals surface area contributed by atoms with Crippen molar-refractivity contribution >= 4 is 11.6 Å². The summed E-state index contributed by atoms with van der Waals surface area (Å²) in [7, 11) is 0. The van der Waals surface area contributed by atoms with Crippen molar-refractivity contribution in [2.24, 2.45) is 0 Å². The van der Waals surface area contributed by atoms with Crippen molar-refractivity contribution in [3.63, 3.8) is 0 Å². The van der Waals surface area contributed by atoms with Gasteiger partial charge in [-0.05, 0) is 43.5 Å². The molecule has 2 heterocycles. The summed E-state index contributed by atoms with van der Waals surface area (Å²) in [5.74, 6) is 0. The predicted octanol–water partition coefficient (Wildman–Crippen LogP) is 2.77. The normalized spacial score (nSPS) is 27.9. The highest BCUT2D eigenvalue weighted by Gasteiger charge is 2.30. The summed E-state index contributed by atoms with van der Waals surface area (Å²) in [5, 5.41) is 4.48. The van der Waals surface area contributed by atoms with Gasteiger partial charge >= 0.3 is 0 Å². The fraction of sp³-hybridized carbons (Fsp3) is 0.625. The van der Waals surface area contributed by atoms with Crippen LogP contribution in [-0.4, -0.2) is 37.7 Å². The Bertz CT molecular complexity index is 466. The largest absolute Gasteiger partial charge is 0.379 e. The first kappa shape index (κ1) is 14.3. The van der Waals surface area contributed by atoms with Gasteiger partial charge in [-0.25, -0.2) is 0 Å². The summed E-state index contributed by atoms with van der Waals surface area (Å²) in [6.45, 7) is 7.95. The third kappa shape index (κ3) is 3.01. The Labute approximate surface area is 126 Å². The van der Waals surface area contributed by atoms with E-state index in [2.05, 4.69) is 35.3 Å². The molecule has 0 radical (unpaired) electrons. The second-order valence-corrected chi connectivity index (χ2v) is 6.46. The zero-order chi connectivity index (χ0) is 14.0. The molecule has 2 aliphatic rings. The van der Waals surface area contributed by atoms with Gasteiger partial charge in [-0.2, -0.15) is 0 Å². The number of morpholine rings is 1. The molecule has 3 rings (SSSR count). The number of nitrogens with one attached hydrogen (secondary N) is 1. The third-order valence-electron chi connectivity index (χ3n) is 4.56. The highest BCUT2D eigenvalue weighted by atomic mass is 35.5. The SMILES string of the molecule is CC1(c2ccc(CN3CCOCC3)c(Cl)c2)CCCN1. The van der Waals surface area contributed by atoms with Gasteiger partial charge in [0.1, 0.15) is 0 Å². The van der Waals surface area contributed by atoms with Crippen LogP contribution in [0, 0.1) is 0 Å². The van der Waals surface area contributed by atoms with Gasteiger partial charge in [-0.15, -0.1) is 0 Å². The third-order valence-corrected chi connectivity index (χ3v) is 4.91. The molecule has 3 nitrogen and oxygen atoms in total. The standard InChI is InChI=1S/C16H23ClN2O/c1-16(5-2-6-18-16)14-4-3-13(15(17)11-14)12-19-7-9-20-10-8-19/h3-4,11,18H,2,5-10,12H2,1H3. The van der Waals surface area contributed by atoms with E-state index in [-0.39, 0.29) is 5.54 Å². The maximum atomic E-state index is 6.50. The molecule has 2 fully saturated rings. The van der Waals surface area contributed by atoms with Crippen molar-refractivity contribution < 1.29 is 4.74 Å². The molecule has 1 atom stereocenters. The summed E-state index contributed by atoms with van der Waals surface area (Å²) in [5.41, 5.74) is 2.63. The minimum absolute atomic E-state index is 0.0983. The number of benzene rings is 1. The van der Waals surface area contributed by atoms with Crippen LogP contribution in [0.4, 0.5) is 0 Å². The molecule has 1 unspecified atom stereocenters. The molecule has 0 spiro atoms. The van der Waals surface area contributed by atoms with E-state index in [1.54, 1.807) is 0 Å². The number of rotatable bonds is 3. The van der Waals surface area contributed by atoms with E-state index in [9.17, 15) is 0 Å². The second kappa shape index (κ2) is 6.02. The second-order valence-electron chi connectivity index (χ2n) is 6.06. The average molecular weight is 295 g/mol. The zero-order valence-electron chi connectivity index (χ0n) is 12.1. The first-order chi connectivity index (χ1) is 9.67. The van der Waals surface area contributed by atoms with Crippen molar-refractivity contribution in [2.45, 2.75) is 31.8 Å². The van der Waals surface area contributed by atoms with Crippen molar-refractivity contribution in [3.05, 3.63) is 34.3 Å². The van der Waals surface area contributed by atoms with Gasteiger partial charge in [-0.3, -0.25) is 4.90 Å². The van der Waals surface area contributed by atoms with Gasteiger partial charge in [0.2, 0.25) is 0 Å². The molecule has 110 valence electrons. The average Bonchev–Trinajstić information content (AvgIpc) is 2.90. The number of halogens is 1. The van der Waals surface area contributed by atoms with E-state index in [1.165, 1.54) is 24.0 Å². The van der Waals surface area contributed by atoms with Gasteiger partial charge < -0.3 is 10.1 Å². The maximum Gasteiger partial charge on any atom is 0.0594 e. The summed E-state index contributed by atoms with van der Waals surface area (Å²) < 4.78 is 5.38. The van der Waals surface area contributed by atoms with Crippen molar-refractivity contribution in [1.82, 2.24) is 10.2 Å². The van der Waals surface area contributed by atoms with Gasteiger partial charge in [0.25, 0.3) is 0 Å². The van der Waals surface area contributed by atoms with Crippen LogP contribution >= 0.6 is 11.6 Å². The zero-order valence-corrected chi connectivity index (χ0v) is 12.9. The molecule has 20 heavy (non-hydrogen) atoms. The summed E-state index contributed by atoms with van der Waals surface area (Å²) in [6, 6.07) is 6.58. The molecule has 2 aliphatic heterocycles. The monoisotopic (exact) mass is 294 g/mol. The van der Waals surface area contributed by atoms with Crippen LogP contribution in [0.25, 0.3) is 0 Å². The van der Waals surface area contributed by atoms with E-state index in [4.69, 9.17) is 16.3 Å². The van der Waals surface area contributed by atoms with Crippen LogP contribution in [0.3, 0.4) is 0 Å². The van der Waals surface area contributed by atoms with Crippen LogP contribution in [0.15, 0.2) is 18.2 Å². The van der Waals surface area contributed by atoms with Crippen LogP contribution in [0.5, 0.6) is 0 Å². The fourth-order valence-electron chi connectivity index (χ4n) is 3.16. The Morgan fingerprint density at radius 3 is 2.80 bits per heavy atom. The molecular weight excluding hydrogens is 272 g/mol. The van der Waals surface area contributed by atoms with E-state index in [1.807, 2.05) is 0 Å². The summed E-state index contributed by atoms with van der Waals surface area (Å²) in [6.07, 6.45) is 2.43. The predicted molar refractivity (Wildman–Crippen MR) is 82.1 cm³/mol. The molecule has 0 bridgehead atoms. The number of nitrogens with zero attached hydrogens (tertiary/aromatic N) is 1. The molecule has 1 aromatic rings. The molecule has 2 saturated heterocycles. The lowest BCUT2D eigenvalue weighted by Crippen LogP contribution is -2.36. The molecule has 4 heteroatoms. The Morgan fingerprint density at radius 1 is 1.35 bits per heavy atom. The molecule has 0 aliphatic carbocycles. The van der Waals surface area contributed by atoms with Crippen molar-refractivity contribution in [3.8, 4) is 0 Å².